The van der Waals surface area contributed by atoms with Gasteiger partial charge in [0.1, 0.15) is 0 Å². The molecule has 0 aliphatic carbocycles. The van der Waals surface area contributed by atoms with Crippen LogP contribution in [0.4, 0.5) is 0 Å². The van der Waals surface area contributed by atoms with Crippen molar-refractivity contribution in [2.75, 3.05) is 14.2 Å². The third-order valence-corrected chi connectivity index (χ3v) is 2.45. The van der Waals surface area contributed by atoms with Crippen molar-refractivity contribution in [3.05, 3.63) is 28.6 Å². The Hall–Kier alpha value is -1.91. The Labute approximate surface area is 99.8 Å². The van der Waals surface area contributed by atoms with Crippen LogP contribution in [0.15, 0.2) is 6.07 Å². The highest BCUT2D eigenvalue weighted by molar-refractivity contribution is 5.90. The lowest BCUT2D eigenvalue weighted by Gasteiger charge is -2.09. The largest absolute Gasteiger partial charge is 0.469 e. The Kier molecular flexibility index (Phi) is 4.20. The molecule has 0 radical (unpaired) electrons. The van der Waals surface area contributed by atoms with Crippen LogP contribution in [0.1, 0.15) is 27.3 Å². The van der Waals surface area contributed by atoms with E-state index in [1.807, 2.05) is 0 Å². The highest BCUT2D eigenvalue weighted by atomic mass is 16.5. The van der Waals surface area contributed by atoms with Crippen molar-refractivity contribution < 1.29 is 19.1 Å². The summed E-state index contributed by atoms with van der Waals surface area (Å²) < 4.78 is 9.22. The molecular formula is C12H15NO4. The Morgan fingerprint density at radius 2 is 1.88 bits per heavy atom. The minimum atomic E-state index is -0.428. The zero-order valence-corrected chi connectivity index (χ0v) is 10.4. The van der Waals surface area contributed by atoms with Crippen LogP contribution in [0, 0.1) is 13.8 Å². The number of nitrogens with zero attached hydrogens (tertiary/aromatic N) is 1. The molecule has 0 saturated heterocycles. The number of rotatable bonds is 3. The number of hydrogen-bond acceptors (Lipinski definition) is 5. The normalized spacial score (nSPS) is 9.88. The first-order chi connectivity index (χ1) is 7.99. The third kappa shape index (κ3) is 3.03. The summed E-state index contributed by atoms with van der Waals surface area (Å²) in [6, 6.07) is 1.67. The van der Waals surface area contributed by atoms with Crippen LogP contribution in [0.3, 0.4) is 0 Å². The average Bonchev–Trinajstić information content (AvgIpc) is 2.32. The van der Waals surface area contributed by atoms with Crippen molar-refractivity contribution >= 4 is 11.9 Å². The molecule has 0 atom stereocenters. The standard InChI is InChI=1S/C12H15NO4/c1-7-5-9(12(15)17-4)8(2)13-10(7)6-11(14)16-3/h5H,6H2,1-4H3. The minimum absolute atomic E-state index is 0.102. The van der Waals surface area contributed by atoms with E-state index in [0.717, 1.165) is 5.56 Å². The lowest BCUT2D eigenvalue weighted by molar-refractivity contribution is -0.139. The molecule has 1 heterocycles. The summed E-state index contributed by atoms with van der Waals surface area (Å²) in [4.78, 5) is 26.8. The second kappa shape index (κ2) is 5.43. The van der Waals surface area contributed by atoms with E-state index in [2.05, 4.69) is 14.5 Å². The van der Waals surface area contributed by atoms with E-state index < -0.39 is 5.97 Å². The summed E-state index contributed by atoms with van der Waals surface area (Å²) in [5.41, 5.74) is 2.34. The van der Waals surface area contributed by atoms with Gasteiger partial charge >= 0.3 is 11.9 Å². The summed E-state index contributed by atoms with van der Waals surface area (Å²) in [5, 5.41) is 0. The van der Waals surface area contributed by atoms with E-state index in [4.69, 9.17) is 0 Å². The first-order valence-electron chi connectivity index (χ1n) is 5.11. The van der Waals surface area contributed by atoms with Crippen LogP contribution >= 0.6 is 0 Å². The second-order valence-electron chi connectivity index (χ2n) is 3.63. The monoisotopic (exact) mass is 237 g/mol. The Bertz CT molecular complexity index is 454. The number of esters is 2. The highest BCUT2D eigenvalue weighted by Crippen LogP contribution is 2.14. The molecule has 0 aromatic carbocycles. The minimum Gasteiger partial charge on any atom is -0.469 e. The molecule has 1 rings (SSSR count). The van der Waals surface area contributed by atoms with E-state index in [0.29, 0.717) is 17.0 Å². The summed E-state index contributed by atoms with van der Waals surface area (Å²) in [7, 11) is 2.65. The number of methoxy groups -OCH3 is 2. The number of hydrogen-bond donors (Lipinski definition) is 0. The van der Waals surface area contributed by atoms with E-state index >= 15 is 0 Å². The number of aromatic nitrogens is 1. The van der Waals surface area contributed by atoms with E-state index in [1.165, 1.54) is 14.2 Å². The maximum Gasteiger partial charge on any atom is 0.339 e. The molecule has 0 bridgehead atoms. The summed E-state index contributed by atoms with van der Waals surface area (Å²) in [6.45, 7) is 3.49. The van der Waals surface area contributed by atoms with Gasteiger partial charge in [-0.1, -0.05) is 0 Å². The van der Waals surface area contributed by atoms with Crippen LogP contribution < -0.4 is 0 Å². The van der Waals surface area contributed by atoms with Crippen LogP contribution in [0.2, 0.25) is 0 Å². The Morgan fingerprint density at radius 3 is 2.41 bits per heavy atom. The zero-order chi connectivity index (χ0) is 13.0. The number of pyridine rings is 1. The SMILES string of the molecule is COC(=O)Cc1nc(C)c(C(=O)OC)cc1C. The third-order valence-electron chi connectivity index (χ3n) is 2.45. The van der Waals surface area contributed by atoms with Crippen LogP contribution in [-0.4, -0.2) is 31.1 Å². The highest BCUT2D eigenvalue weighted by Gasteiger charge is 2.15. The Balaban J connectivity index is 3.09. The van der Waals surface area contributed by atoms with Gasteiger partial charge in [-0.05, 0) is 25.5 Å². The predicted octanol–water partition coefficient (Wildman–Crippen LogP) is 1.20. The number of ether oxygens (including phenoxy) is 2. The molecule has 0 fully saturated rings. The van der Waals surface area contributed by atoms with Gasteiger partial charge in [-0.2, -0.15) is 0 Å². The molecule has 5 heteroatoms. The van der Waals surface area contributed by atoms with Gasteiger partial charge in [-0.3, -0.25) is 9.78 Å². The van der Waals surface area contributed by atoms with E-state index in [9.17, 15) is 9.59 Å². The van der Waals surface area contributed by atoms with Gasteiger partial charge in [-0.15, -0.1) is 0 Å². The maximum atomic E-state index is 11.4. The molecule has 0 saturated carbocycles. The Morgan fingerprint density at radius 1 is 1.24 bits per heavy atom. The molecule has 0 unspecified atom stereocenters. The molecule has 1 aromatic heterocycles. The number of carbonyl (C=O) groups excluding carboxylic acids is 2. The topological polar surface area (TPSA) is 65.5 Å². The second-order valence-corrected chi connectivity index (χ2v) is 3.63. The molecular weight excluding hydrogens is 222 g/mol. The predicted molar refractivity (Wildman–Crippen MR) is 60.8 cm³/mol. The van der Waals surface area contributed by atoms with Crippen molar-refractivity contribution in [2.24, 2.45) is 0 Å². The van der Waals surface area contributed by atoms with E-state index in [1.54, 1.807) is 19.9 Å². The van der Waals surface area contributed by atoms with E-state index in [-0.39, 0.29) is 12.4 Å². The fraction of sp³-hybridized carbons (Fsp3) is 0.417. The quantitative estimate of drug-likeness (QED) is 0.739. The lowest BCUT2D eigenvalue weighted by Crippen LogP contribution is -2.12. The molecule has 0 amide bonds. The van der Waals surface area contributed by atoms with Crippen LogP contribution in [-0.2, 0) is 20.7 Å². The maximum absolute atomic E-state index is 11.4. The molecule has 5 nitrogen and oxygen atoms in total. The van der Waals surface area contributed by atoms with Crippen molar-refractivity contribution in [3.63, 3.8) is 0 Å². The van der Waals surface area contributed by atoms with Gasteiger partial charge in [0.25, 0.3) is 0 Å². The smallest absolute Gasteiger partial charge is 0.339 e. The van der Waals surface area contributed by atoms with Crippen molar-refractivity contribution in [2.45, 2.75) is 20.3 Å². The van der Waals surface area contributed by atoms with Gasteiger partial charge in [-0.25, -0.2) is 4.79 Å². The zero-order valence-electron chi connectivity index (χ0n) is 10.4. The van der Waals surface area contributed by atoms with Gasteiger partial charge in [0, 0.05) is 0 Å². The summed E-state index contributed by atoms with van der Waals surface area (Å²) in [6.07, 6.45) is 0.102. The molecule has 0 aliphatic rings. The molecule has 0 spiro atoms. The molecule has 0 N–H and O–H groups in total. The van der Waals surface area contributed by atoms with Crippen LogP contribution in [0.25, 0.3) is 0 Å². The van der Waals surface area contributed by atoms with Crippen molar-refractivity contribution in [3.8, 4) is 0 Å². The summed E-state index contributed by atoms with van der Waals surface area (Å²) in [5.74, 6) is -0.784. The molecule has 92 valence electrons. The first-order valence-corrected chi connectivity index (χ1v) is 5.11. The fourth-order valence-corrected chi connectivity index (χ4v) is 1.46. The molecule has 0 aliphatic heterocycles. The van der Waals surface area contributed by atoms with Crippen LogP contribution in [0.5, 0.6) is 0 Å². The van der Waals surface area contributed by atoms with Gasteiger partial charge in [0.05, 0.1) is 37.6 Å². The summed E-state index contributed by atoms with van der Waals surface area (Å²) >= 11 is 0. The fourth-order valence-electron chi connectivity index (χ4n) is 1.46. The first kappa shape index (κ1) is 13.2. The van der Waals surface area contributed by atoms with Crippen molar-refractivity contribution in [1.82, 2.24) is 4.98 Å². The van der Waals surface area contributed by atoms with Crippen molar-refractivity contribution in [1.29, 1.82) is 0 Å². The van der Waals surface area contributed by atoms with Gasteiger partial charge in [0.15, 0.2) is 0 Å². The molecule has 1 aromatic rings. The number of carbonyl (C=O) groups is 2. The average molecular weight is 237 g/mol. The molecule has 17 heavy (non-hydrogen) atoms. The lowest BCUT2D eigenvalue weighted by atomic mass is 10.1. The van der Waals surface area contributed by atoms with Gasteiger partial charge < -0.3 is 9.47 Å². The number of aryl methyl sites for hydroxylation is 2. The van der Waals surface area contributed by atoms with Gasteiger partial charge in [0.2, 0.25) is 0 Å².